The van der Waals surface area contributed by atoms with Crippen LogP contribution in [-0.2, 0) is 11.3 Å². The smallest absolute Gasteiger partial charge is 0.258 e. The minimum absolute atomic E-state index is 0.122. The van der Waals surface area contributed by atoms with Gasteiger partial charge in [0.15, 0.2) is 0 Å². The van der Waals surface area contributed by atoms with Crippen LogP contribution in [0.3, 0.4) is 0 Å². The lowest BCUT2D eigenvalue weighted by Crippen LogP contribution is -2.25. The second kappa shape index (κ2) is 3.66. The van der Waals surface area contributed by atoms with Crippen LogP contribution in [0.5, 0.6) is 0 Å². The summed E-state index contributed by atoms with van der Waals surface area (Å²) in [6, 6.07) is 0. The minimum atomic E-state index is -0.288. The Kier molecular flexibility index (Phi) is 2.46. The van der Waals surface area contributed by atoms with Gasteiger partial charge >= 0.3 is 0 Å². The van der Waals surface area contributed by atoms with E-state index in [9.17, 15) is 9.90 Å². The Morgan fingerprint density at radius 2 is 2.19 bits per heavy atom. The maximum atomic E-state index is 11.7. The van der Waals surface area contributed by atoms with Crippen LogP contribution in [0.4, 0.5) is 0 Å². The fraction of sp³-hybridized carbons (Fsp3) is 0.455. The Morgan fingerprint density at radius 1 is 1.50 bits per heavy atom. The number of aliphatic hydroxyl groups is 1. The lowest BCUT2D eigenvalue weighted by atomic mass is 10.1. The van der Waals surface area contributed by atoms with Crippen LogP contribution in [-0.4, -0.2) is 27.6 Å². The number of hydrogen-bond acceptors (Lipinski definition) is 3. The zero-order valence-corrected chi connectivity index (χ0v) is 9.66. The van der Waals surface area contributed by atoms with Crippen molar-refractivity contribution < 1.29 is 9.90 Å². The topological polar surface area (TPSA) is 67.2 Å². The number of imidazole rings is 1. The summed E-state index contributed by atoms with van der Waals surface area (Å²) in [6.45, 7) is 4.54. The summed E-state index contributed by atoms with van der Waals surface area (Å²) in [5.41, 5.74) is 2.24. The maximum absolute atomic E-state index is 11.7. The van der Waals surface area contributed by atoms with Crippen molar-refractivity contribution in [2.45, 2.75) is 26.8 Å². The van der Waals surface area contributed by atoms with Crippen LogP contribution in [0.2, 0.25) is 0 Å². The molecule has 0 saturated heterocycles. The van der Waals surface area contributed by atoms with Gasteiger partial charge in [0, 0.05) is 25.7 Å². The van der Waals surface area contributed by atoms with Gasteiger partial charge in [-0.25, -0.2) is 4.98 Å². The van der Waals surface area contributed by atoms with E-state index in [0.29, 0.717) is 24.4 Å². The molecule has 0 spiro atoms. The second-order valence-corrected chi connectivity index (χ2v) is 3.91. The SMILES string of the molecule is CNC(=O)C1=C(O)CCn2c1nc(C)c2C. The van der Waals surface area contributed by atoms with E-state index in [-0.39, 0.29) is 11.7 Å². The molecule has 2 heterocycles. The van der Waals surface area contributed by atoms with E-state index in [2.05, 4.69) is 10.3 Å². The van der Waals surface area contributed by atoms with E-state index in [1.54, 1.807) is 7.05 Å². The van der Waals surface area contributed by atoms with Crippen molar-refractivity contribution in [1.29, 1.82) is 0 Å². The number of aromatic nitrogens is 2. The molecule has 1 aliphatic heterocycles. The molecule has 0 aromatic carbocycles. The van der Waals surface area contributed by atoms with Crippen molar-refractivity contribution in [3.8, 4) is 0 Å². The second-order valence-electron chi connectivity index (χ2n) is 3.91. The number of likely N-dealkylation sites (N-methyl/N-ethyl adjacent to an activating group) is 1. The van der Waals surface area contributed by atoms with Gasteiger partial charge in [-0.3, -0.25) is 4.79 Å². The zero-order valence-electron chi connectivity index (χ0n) is 9.66. The number of amides is 1. The molecule has 86 valence electrons. The molecule has 0 radical (unpaired) electrons. The van der Waals surface area contributed by atoms with Crippen molar-refractivity contribution >= 4 is 11.5 Å². The van der Waals surface area contributed by atoms with E-state index < -0.39 is 0 Å². The van der Waals surface area contributed by atoms with Crippen LogP contribution < -0.4 is 5.32 Å². The number of nitrogens with zero attached hydrogens (tertiary/aromatic N) is 2. The summed E-state index contributed by atoms with van der Waals surface area (Å²) in [6.07, 6.45) is 0.479. The average Bonchev–Trinajstić information content (AvgIpc) is 2.54. The highest BCUT2D eigenvalue weighted by Crippen LogP contribution is 2.27. The number of carbonyl (C=O) groups is 1. The molecule has 5 nitrogen and oxygen atoms in total. The molecule has 2 N–H and O–H groups in total. The molecule has 0 unspecified atom stereocenters. The molecule has 1 aromatic rings. The van der Waals surface area contributed by atoms with Gasteiger partial charge in [-0.2, -0.15) is 0 Å². The molecule has 0 fully saturated rings. The van der Waals surface area contributed by atoms with Gasteiger partial charge < -0.3 is 15.0 Å². The molecule has 0 atom stereocenters. The summed E-state index contributed by atoms with van der Waals surface area (Å²) in [5.74, 6) is 0.401. The Morgan fingerprint density at radius 3 is 2.81 bits per heavy atom. The largest absolute Gasteiger partial charge is 0.511 e. The van der Waals surface area contributed by atoms with E-state index >= 15 is 0 Å². The predicted molar refractivity (Wildman–Crippen MR) is 59.9 cm³/mol. The molecule has 16 heavy (non-hydrogen) atoms. The summed E-state index contributed by atoms with van der Waals surface area (Å²) < 4.78 is 1.97. The number of carbonyl (C=O) groups excluding carboxylic acids is 1. The molecular weight excluding hydrogens is 206 g/mol. The summed E-state index contributed by atoms with van der Waals surface area (Å²) >= 11 is 0. The summed E-state index contributed by atoms with van der Waals surface area (Å²) in [4.78, 5) is 16.0. The Labute approximate surface area is 93.8 Å². The molecule has 1 aliphatic rings. The number of allylic oxidation sites excluding steroid dienone is 1. The van der Waals surface area contributed by atoms with Gasteiger partial charge in [-0.05, 0) is 13.8 Å². The Hall–Kier alpha value is -1.78. The highest BCUT2D eigenvalue weighted by molar-refractivity contribution is 6.19. The van der Waals surface area contributed by atoms with Crippen molar-refractivity contribution in [3.05, 3.63) is 23.0 Å². The Bertz CT molecular complexity index is 486. The first kappa shape index (κ1) is 10.7. The van der Waals surface area contributed by atoms with Gasteiger partial charge in [-0.15, -0.1) is 0 Å². The minimum Gasteiger partial charge on any atom is -0.511 e. The van der Waals surface area contributed by atoms with Crippen molar-refractivity contribution in [3.63, 3.8) is 0 Å². The van der Waals surface area contributed by atoms with Gasteiger partial charge in [0.25, 0.3) is 5.91 Å². The van der Waals surface area contributed by atoms with E-state index in [0.717, 1.165) is 11.4 Å². The van der Waals surface area contributed by atoms with Gasteiger partial charge in [-0.1, -0.05) is 0 Å². The van der Waals surface area contributed by atoms with Crippen LogP contribution in [0.25, 0.3) is 5.57 Å². The third-order valence-electron chi connectivity index (χ3n) is 3.00. The number of aliphatic hydroxyl groups excluding tert-OH is 1. The van der Waals surface area contributed by atoms with Gasteiger partial charge in [0.2, 0.25) is 0 Å². The lowest BCUT2D eigenvalue weighted by Gasteiger charge is -2.18. The molecule has 5 heteroatoms. The first-order valence-corrected chi connectivity index (χ1v) is 5.24. The van der Waals surface area contributed by atoms with Gasteiger partial charge in [0.1, 0.15) is 17.2 Å². The van der Waals surface area contributed by atoms with E-state index in [1.165, 1.54) is 0 Å². The van der Waals surface area contributed by atoms with Crippen LogP contribution in [0.15, 0.2) is 5.76 Å². The molecule has 0 bridgehead atoms. The molecule has 0 saturated carbocycles. The van der Waals surface area contributed by atoms with Crippen LogP contribution >= 0.6 is 0 Å². The average molecular weight is 221 g/mol. The summed E-state index contributed by atoms with van der Waals surface area (Å²) in [7, 11) is 1.55. The molecule has 2 rings (SSSR count). The predicted octanol–water partition coefficient (Wildman–Crippen LogP) is 0.919. The third-order valence-corrected chi connectivity index (χ3v) is 3.00. The fourth-order valence-electron chi connectivity index (χ4n) is 1.95. The zero-order chi connectivity index (χ0) is 11.9. The molecule has 1 amide bonds. The quantitative estimate of drug-likeness (QED) is 0.741. The number of hydrogen-bond donors (Lipinski definition) is 2. The number of aryl methyl sites for hydroxylation is 1. The van der Waals surface area contributed by atoms with E-state index in [1.807, 2.05) is 18.4 Å². The number of nitrogens with one attached hydrogen (secondary N) is 1. The van der Waals surface area contributed by atoms with Crippen LogP contribution in [0, 0.1) is 13.8 Å². The first-order valence-electron chi connectivity index (χ1n) is 5.24. The monoisotopic (exact) mass is 221 g/mol. The highest BCUT2D eigenvalue weighted by Gasteiger charge is 2.27. The molecule has 0 aliphatic carbocycles. The first-order chi connectivity index (χ1) is 7.56. The van der Waals surface area contributed by atoms with Crippen molar-refractivity contribution in [2.24, 2.45) is 0 Å². The standard InChI is InChI=1S/C11H15N3O2/c1-6-7(2)14-5-4-8(15)9(10(14)13-6)11(16)12-3/h15H,4-5H2,1-3H3,(H,12,16). The number of fused-ring (bicyclic) bond motifs is 1. The Balaban J connectivity index is 2.61. The summed E-state index contributed by atoms with van der Waals surface area (Å²) in [5, 5.41) is 12.3. The molecular formula is C11H15N3O2. The number of rotatable bonds is 1. The highest BCUT2D eigenvalue weighted by atomic mass is 16.3. The molecule has 1 aromatic heterocycles. The third kappa shape index (κ3) is 1.39. The lowest BCUT2D eigenvalue weighted by molar-refractivity contribution is -0.115. The van der Waals surface area contributed by atoms with Gasteiger partial charge in [0.05, 0.1) is 5.69 Å². The fourth-order valence-corrected chi connectivity index (χ4v) is 1.95. The van der Waals surface area contributed by atoms with Crippen molar-refractivity contribution in [2.75, 3.05) is 7.05 Å². The van der Waals surface area contributed by atoms with Crippen molar-refractivity contribution in [1.82, 2.24) is 14.9 Å². The van der Waals surface area contributed by atoms with E-state index in [4.69, 9.17) is 0 Å². The maximum Gasteiger partial charge on any atom is 0.258 e. The van der Waals surface area contributed by atoms with Crippen LogP contribution in [0.1, 0.15) is 23.6 Å². The normalized spacial score (nSPS) is 14.9.